The molecule has 0 atom stereocenters. The molecule has 1 amide bonds. The minimum atomic E-state index is -3.14. The lowest BCUT2D eigenvalue weighted by atomic mass is 10.2. The summed E-state index contributed by atoms with van der Waals surface area (Å²) in [5.41, 5.74) is 1.06. The first kappa shape index (κ1) is 15.7. The lowest BCUT2D eigenvalue weighted by Gasteiger charge is -2.08. The Hall–Kier alpha value is -3.17. The SMILES string of the molecule is O=C(NCc1nnn2ncccc12)c1ccc(OC(F)F)c(F)c1. The van der Waals surface area contributed by atoms with E-state index < -0.39 is 24.1 Å². The highest BCUT2D eigenvalue weighted by Gasteiger charge is 2.14. The molecule has 3 aromatic rings. The van der Waals surface area contributed by atoms with Crippen LogP contribution in [0.25, 0.3) is 5.52 Å². The second kappa shape index (κ2) is 6.52. The van der Waals surface area contributed by atoms with E-state index in [1.54, 1.807) is 12.1 Å². The van der Waals surface area contributed by atoms with Gasteiger partial charge in [0.15, 0.2) is 11.6 Å². The Labute approximate surface area is 133 Å². The van der Waals surface area contributed by atoms with E-state index in [1.807, 2.05) is 0 Å². The molecule has 0 unspecified atom stereocenters. The summed E-state index contributed by atoms with van der Waals surface area (Å²) in [4.78, 5) is 12.0. The Balaban J connectivity index is 1.70. The lowest BCUT2D eigenvalue weighted by molar-refractivity contribution is -0.0521. The maximum atomic E-state index is 13.6. The third kappa shape index (κ3) is 3.26. The number of nitrogens with one attached hydrogen (secondary N) is 1. The molecule has 0 saturated heterocycles. The number of amides is 1. The van der Waals surface area contributed by atoms with Crippen LogP contribution in [0.1, 0.15) is 16.1 Å². The zero-order valence-corrected chi connectivity index (χ0v) is 12.0. The van der Waals surface area contributed by atoms with Gasteiger partial charge in [-0.2, -0.15) is 13.9 Å². The van der Waals surface area contributed by atoms with Crippen LogP contribution in [0.15, 0.2) is 36.5 Å². The number of halogens is 3. The normalized spacial score (nSPS) is 11.0. The van der Waals surface area contributed by atoms with E-state index in [2.05, 4.69) is 25.5 Å². The fourth-order valence-electron chi connectivity index (χ4n) is 2.02. The number of ether oxygens (including phenoxy) is 1. The Kier molecular flexibility index (Phi) is 4.27. The van der Waals surface area contributed by atoms with Crippen LogP contribution >= 0.6 is 0 Å². The standard InChI is InChI=1S/C14H10F3N5O2/c15-9-6-8(3-4-12(9)24-14(16)17)13(23)18-7-10-11-2-1-5-19-22(11)21-20-10/h1-6,14H,7H2,(H,18,23). The zero-order valence-electron chi connectivity index (χ0n) is 12.0. The monoisotopic (exact) mass is 337 g/mol. The molecule has 0 radical (unpaired) electrons. The van der Waals surface area contributed by atoms with Crippen molar-refractivity contribution in [2.45, 2.75) is 13.2 Å². The molecule has 2 heterocycles. The van der Waals surface area contributed by atoms with Crippen LogP contribution in [0.5, 0.6) is 5.75 Å². The van der Waals surface area contributed by atoms with Gasteiger partial charge < -0.3 is 10.1 Å². The van der Waals surface area contributed by atoms with Crippen LogP contribution in [0.3, 0.4) is 0 Å². The summed E-state index contributed by atoms with van der Waals surface area (Å²) in [5.74, 6) is -2.28. The predicted molar refractivity (Wildman–Crippen MR) is 75.0 cm³/mol. The van der Waals surface area contributed by atoms with Gasteiger partial charge in [0.05, 0.1) is 6.54 Å². The Morgan fingerprint density at radius 3 is 2.92 bits per heavy atom. The van der Waals surface area contributed by atoms with Gasteiger partial charge in [-0.25, -0.2) is 4.39 Å². The molecule has 0 fully saturated rings. The first-order chi connectivity index (χ1) is 11.5. The predicted octanol–water partition coefficient (Wildman–Crippen LogP) is 1.79. The largest absolute Gasteiger partial charge is 0.432 e. The number of rotatable bonds is 5. The molecule has 1 N–H and O–H groups in total. The second-order valence-corrected chi connectivity index (χ2v) is 4.64. The van der Waals surface area contributed by atoms with Gasteiger partial charge in [-0.15, -0.1) is 9.73 Å². The quantitative estimate of drug-likeness (QED) is 0.768. The minimum Gasteiger partial charge on any atom is -0.432 e. The van der Waals surface area contributed by atoms with E-state index >= 15 is 0 Å². The van der Waals surface area contributed by atoms with E-state index in [4.69, 9.17) is 0 Å². The summed E-state index contributed by atoms with van der Waals surface area (Å²) < 4.78 is 43.1. The lowest BCUT2D eigenvalue weighted by Crippen LogP contribution is -2.23. The Morgan fingerprint density at radius 2 is 2.17 bits per heavy atom. The number of nitrogens with zero attached hydrogens (tertiary/aromatic N) is 4. The van der Waals surface area contributed by atoms with Crippen LogP contribution < -0.4 is 10.1 Å². The molecule has 7 nitrogen and oxygen atoms in total. The molecular formula is C14H10F3N5O2. The molecule has 3 rings (SSSR count). The van der Waals surface area contributed by atoms with E-state index in [-0.39, 0.29) is 12.1 Å². The average molecular weight is 337 g/mol. The molecule has 1 aromatic carbocycles. The van der Waals surface area contributed by atoms with Crippen LogP contribution in [0, 0.1) is 5.82 Å². The van der Waals surface area contributed by atoms with E-state index in [0.29, 0.717) is 11.2 Å². The molecule has 2 aromatic heterocycles. The van der Waals surface area contributed by atoms with Gasteiger partial charge in [0, 0.05) is 11.8 Å². The van der Waals surface area contributed by atoms with Crippen LogP contribution in [-0.4, -0.2) is 32.6 Å². The molecule has 0 aliphatic carbocycles. The van der Waals surface area contributed by atoms with Crippen molar-refractivity contribution >= 4 is 11.4 Å². The highest BCUT2D eigenvalue weighted by molar-refractivity contribution is 5.94. The topological polar surface area (TPSA) is 81.4 Å². The first-order valence-corrected chi connectivity index (χ1v) is 6.73. The summed E-state index contributed by atoms with van der Waals surface area (Å²) in [7, 11) is 0. The van der Waals surface area contributed by atoms with E-state index in [9.17, 15) is 18.0 Å². The van der Waals surface area contributed by atoms with E-state index in [1.165, 1.54) is 16.9 Å². The second-order valence-electron chi connectivity index (χ2n) is 4.64. The number of alkyl halides is 2. The van der Waals surface area contributed by atoms with Gasteiger partial charge in [0.1, 0.15) is 11.2 Å². The Morgan fingerprint density at radius 1 is 1.33 bits per heavy atom. The van der Waals surface area contributed by atoms with Crippen LogP contribution in [-0.2, 0) is 6.54 Å². The van der Waals surface area contributed by atoms with Crippen LogP contribution in [0.4, 0.5) is 13.2 Å². The molecular weight excluding hydrogens is 327 g/mol. The summed E-state index contributed by atoms with van der Waals surface area (Å²) >= 11 is 0. The van der Waals surface area contributed by atoms with Gasteiger partial charge in [-0.05, 0) is 35.5 Å². The van der Waals surface area contributed by atoms with E-state index in [0.717, 1.165) is 12.1 Å². The smallest absolute Gasteiger partial charge is 0.387 e. The molecule has 0 bridgehead atoms. The van der Waals surface area contributed by atoms with Crippen molar-refractivity contribution < 1.29 is 22.7 Å². The average Bonchev–Trinajstić information content (AvgIpc) is 2.97. The third-order valence-corrected chi connectivity index (χ3v) is 3.10. The van der Waals surface area contributed by atoms with Gasteiger partial charge >= 0.3 is 6.61 Å². The zero-order chi connectivity index (χ0) is 17.1. The number of hydrogen-bond acceptors (Lipinski definition) is 5. The van der Waals surface area contributed by atoms with Gasteiger partial charge in [0.25, 0.3) is 5.91 Å². The number of carbonyl (C=O) groups excluding carboxylic acids is 1. The van der Waals surface area contributed by atoms with Crippen molar-refractivity contribution in [1.82, 2.24) is 25.4 Å². The number of fused-ring (bicyclic) bond motifs is 1. The molecule has 0 aliphatic heterocycles. The summed E-state index contributed by atoms with van der Waals surface area (Å²) in [6.07, 6.45) is 1.54. The van der Waals surface area contributed by atoms with Gasteiger partial charge in [0.2, 0.25) is 0 Å². The summed E-state index contributed by atoms with van der Waals surface area (Å²) in [6.45, 7) is -3.10. The number of benzene rings is 1. The van der Waals surface area contributed by atoms with Gasteiger partial charge in [-0.1, -0.05) is 0 Å². The van der Waals surface area contributed by atoms with Crippen LogP contribution in [0.2, 0.25) is 0 Å². The van der Waals surface area contributed by atoms with Crippen molar-refractivity contribution in [3.63, 3.8) is 0 Å². The van der Waals surface area contributed by atoms with Crippen molar-refractivity contribution in [1.29, 1.82) is 0 Å². The fraction of sp³-hybridized carbons (Fsp3) is 0.143. The number of hydrogen-bond donors (Lipinski definition) is 1. The van der Waals surface area contributed by atoms with Crippen molar-refractivity contribution in [2.75, 3.05) is 0 Å². The maximum absolute atomic E-state index is 13.6. The third-order valence-electron chi connectivity index (χ3n) is 3.10. The molecule has 0 saturated carbocycles. The fourth-order valence-corrected chi connectivity index (χ4v) is 2.02. The molecule has 124 valence electrons. The van der Waals surface area contributed by atoms with Crippen molar-refractivity contribution in [3.05, 3.63) is 53.6 Å². The van der Waals surface area contributed by atoms with Crippen molar-refractivity contribution in [2.24, 2.45) is 0 Å². The highest BCUT2D eigenvalue weighted by atomic mass is 19.3. The maximum Gasteiger partial charge on any atom is 0.387 e. The first-order valence-electron chi connectivity index (χ1n) is 6.73. The molecule has 24 heavy (non-hydrogen) atoms. The summed E-state index contributed by atoms with van der Waals surface area (Å²) in [6, 6.07) is 6.39. The van der Waals surface area contributed by atoms with Crippen molar-refractivity contribution in [3.8, 4) is 5.75 Å². The Bertz CT molecular complexity index is 884. The number of carbonyl (C=O) groups is 1. The molecule has 0 aliphatic rings. The molecule has 10 heteroatoms. The summed E-state index contributed by atoms with van der Waals surface area (Å²) in [5, 5.41) is 14.1. The van der Waals surface area contributed by atoms with Gasteiger partial charge in [-0.3, -0.25) is 4.79 Å². The highest BCUT2D eigenvalue weighted by Crippen LogP contribution is 2.20. The molecule has 0 spiro atoms. The minimum absolute atomic E-state index is 0.0382. The number of aromatic nitrogens is 4.